The van der Waals surface area contributed by atoms with Crippen LogP contribution >= 0.6 is 11.3 Å². The van der Waals surface area contributed by atoms with Gasteiger partial charge in [0.05, 0.1) is 17.0 Å². The molecule has 0 radical (unpaired) electrons. The summed E-state index contributed by atoms with van der Waals surface area (Å²) in [5.74, 6) is -0.364. The second-order valence-corrected chi connectivity index (χ2v) is 7.82. The zero-order valence-corrected chi connectivity index (χ0v) is 15.8. The summed E-state index contributed by atoms with van der Waals surface area (Å²) in [6.07, 6.45) is 6.07. The van der Waals surface area contributed by atoms with Gasteiger partial charge in [0.15, 0.2) is 0 Å². The van der Waals surface area contributed by atoms with Gasteiger partial charge in [-0.2, -0.15) is 0 Å². The molecule has 1 fully saturated rings. The molecular weight excluding hydrogens is 342 g/mol. The summed E-state index contributed by atoms with van der Waals surface area (Å²) < 4.78 is 2.31. The van der Waals surface area contributed by atoms with E-state index in [2.05, 4.69) is 22.1 Å². The number of thiazole rings is 1. The first-order chi connectivity index (χ1) is 12.6. The number of rotatable bonds is 4. The highest BCUT2D eigenvalue weighted by molar-refractivity contribution is 7.13. The van der Waals surface area contributed by atoms with Crippen LogP contribution < -0.4 is 5.73 Å². The Morgan fingerprint density at radius 3 is 2.62 bits per heavy atom. The molecule has 2 N–H and O–H groups in total. The minimum atomic E-state index is -0.364. The average Bonchev–Trinajstić information content (AvgIpc) is 3.28. The highest BCUT2D eigenvalue weighted by Gasteiger charge is 2.25. The number of primary amides is 1. The highest BCUT2D eigenvalue weighted by Crippen LogP contribution is 2.37. The first-order valence-electron chi connectivity index (χ1n) is 9.18. The maximum atomic E-state index is 11.9. The third-order valence-electron chi connectivity index (χ3n) is 5.28. The molecule has 1 aliphatic carbocycles. The topological polar surface area (TPSA) is 60.9 Å². The van der Waals surface area contributed by atoms with Gasteiger partial charge in [-0.15, -0.1) is 11.3 Å². The Labute approximate surface area is 157 Å². The maximum absolute atomic E-state index is 11.9. The van der Waals surface area contributed by atoms with Crippen LogP contribution in [0.5, 0.6) is 0 Å². The fraction of sp³-hybridized carbons (Fsp3) is 0.333. The Hall–Kier alpha value is -2.40. The Morgan fingerprint density at radius 1 is 1.19 bits per heavy atom. The first-order valence-corrected chi connectivity index (χ1v) is 10.1. The fourth-order valence-corrected chi connectivity index (χ4v) is 4.80. The molecule has 0 saturated heterocycles. The summed E-state index contributed by atoms with van der Waals surface area (Å²) in [4.78, 5) is 16.8. The van der Waals surface area contributed by atoms with Crippen LogP contribution in [-0.2, 0) is 0 Å². The van der Waals surface area contributed by atoms with Gasteiger partial charge in [0.1, 0.15) is 5.01 Å². The van der Waals surface area contributed by atoms with Crippen molar-refractivity contribution in [2.45, 2.75) is 45.1 Å². The summed E-state index contributed by atoms with van der Waals surface area (Å²) in [6, 6.07) is 12.6. The maximum Gasteiger partial charge on any atom is 0.250 e. The number of nitrogens with two attached hydrogens (primary N) is 1. The summed E-state index contributed by atoms with van der Waals surface area (Å²) in [6.45, 7) is 2.00. The summed E-state index contributed by atoms with van der Waals surface area (Å²) in [7, 11) is 0. The summed E-state index contributed by atoms with van der Waals surface area (Å²) in [5.41, 5.74) is 10.3. The highest BCUT2D eigenvalue weighted by atomic mass is 32.1. The third kappa shape index (κ3) is 3.07. The minimum Gasteiger partial charge on any atom is -0.366 e. The number of amides is 1. The standard InChI is InChI=1S/C21H23N3OS/c1-14-17(20(22)25)12-19(24(14)16-10-6-3-7-11-16)18-13-26-21(23-18)15-8-4-2-5-9-15/h2,4-5,8-9,12-13,16H,3,6-7,10-11H2,1H3,(H2,22,25). The lowest BCUT2D eigenvalue weighted by atomic mass is 9.95. The SMILES string of the molecule is Cc1c(C(N)=O)cc(-c2csc(-c3ccccc3)n2)n1C1CCCCC1. The van der Waals surface area contributed by atoms with Gasteiger partial charge >= 0.3 is 0 Å². The van der Waals surface area contributed by atoms with E-state index >= 15 is 0 Å². The van der Waals surface area contributed by atoms with Gasteiger partial charge in [-0.05, 0) is 25.8 Å². The van der Waals surface area contributed by atoms with Crippen molar-refractivity contribution < 1.29 is 4.79 Å². The van der Waals surface area contributed by atoms with Crippen LogP contribution in [0.4, 0.5) is 0 Å². The van der Waals surface area contributed by atoms with E-state index in [4.69, 9.17) is 10.7 Å². The van der Waals surface area contributed by atoms with Crippen LogP contribution in [0.15, 0.2) is 41.8 Å². The molecule has 3 aromatic rings. The molecule has 2 heterocycles. The summed E-state index contributed by atoms with van der Waals surface area (Å²) >= 11 is 1.64. The van der Waals surface area contributed by atoms with E-state index in [0.29, 0.717) is 11.6 Å². The number of carbonyl (C=O) groups is 1. The largest absolute Gasteiger partial charge is 0.366 e. The molecule has 2 aromatic heterocycles. The molecule has 0 atom stereocenters. The number of hydrogen-bond donors (Lipinski definition) is 1. The predicted octanol–water partition coefficient (Wildman–Crippen LogP) is 5.19. The summed E-state index contributed by atoms with van der Waals surface area (Å²) in [5, 5.41) is 3.08. The Kier molecular flexibility index (Phi) is 4.64. The van der Waals surface area contributed by atoms with E-state index in [9.17, 15) is 4.79 Å². The molecule has 0 bridgehead atoms. The van der Waals surface area contributed by atoms with Crippen LogP contribution in [-0.4, -0.2) is 15.5 Å². The van der Waals surface area contributed by atoms with E-state index in [1.165, 1.54) is 19.3 Å². The van der Waals surface area contributed by atoms with Crippen molar-refractivity contribution in [3.63, 3.8) is 0 Å². The molecule has 1 amide bonds. The fourth-order valence-electron chi connectivity index (χ4n) is 3.98. The number of carbonyl (C=O) groups excluding carboxylic acids is 1. The number of hydrogen-bond acceptors (Lipinski definition) is 3. The Balaban J connectivity index is 1.79. The molecule has 1 saturated carbocycles. The lowest BCUT2D eigenvalue weighted by Crippen LogP contribution is -2.17. The molecule has 4 nitrogen and oxygen atoms in total. The van der Waals surface area contributed by atoms with E-state index in [1.807, 2.05) is 31.2 Å². The molecule has 1 aromatic carbocycles. The second kappa shape index (κ2) is 7.08. The molecule has 4 rings (SSSR count). The van der Waals surface area contributed by atoms with E-state index in [1.54, 1.807) is 11.3 Å². The van der Waals surface area contributed by atoms with Crippen molar-refractivity contribution in [1.82, 2.24) is 9.55 Å². The van der Waals surface area contributed by atoms with Crippen molar-refractivity contribution in [2.24, 2.45) is 5.73 Å². The van der Waals surface area contributed by atoms with Gasteiger partial charge in [0, 0.05) is 22.7 Å². The monoisotopic (exact) mass is 365 g/mol. The lowest BCUT2D eigenvalue weighted by Gasteiger charge is -2.26. The van der Waals surface area contributed by atoms with Crippen molar-refractivity contribution in [1.29, 1.82) is 0 Å². The lowest BCUT2D eigenvalue weighted by molar-refractivity contribution is 0.0999. The molecular formula is C21H23N3OS. The number of aromatic nitrogens is 2. The zero-order chi connectivity index (χ0) is 18.1. The van der Waals surface area contributed by atoms with Crippen molar-refractivity contribution in [2.75, 3.05) is 0 Å². The van der Waals surface area contributed by atoms with Gasteiger partial charge in [-0.3, -0.25) is 4.79 Å². The molecule has 1 aliphatic rings. The van der Waals surface area contributed by atoms with Crippen LogP contribution in [0.2, 0.25) is 0 Å². The number of nitrogens with zero attached hydrogens (tertiary/aromatic N) is 2. The normalized spacial score (nSPS) is 15.3. The van der Waals surface area contributed by atoms with Crippen molar-refractivity contribution >= 4 is 17.2 Å². The first kappa shape index (κ1) is 17.0. The quantitative estimate of drug-likeness (QED) is 0.691. The van der Waals surface area contributed by atoms with Gasteiger partial charge in [0.2, 0.25) is 0 Å². The Bertz CT molecular complexity index is 920. The molecule has 0 spiro atoms. The smallest absolute Gasteiger partial charge is 0.250 e. The van der Waals surface area contributed by atoms with Crippen LogP contribution in [0.3, 0.4) is 0 Å². The van der Waals surface area contributed by atoms with Crippen molar-refractivity contribution in [3.05, 3.63) is 53.0 Å². The minimum absolute atomic E-state index is 0.364. The van der Waals surface area contributed by atoms with E-state index in [-0.39, 0.29) is 5.91 Å². The van der Waals surface area contributed by atoms with Gasteiger partial charge in [-0.25, -0.2) is 4.98 Å². The van der Waals surface area contributed by atoms with Crippen LogP contribution in [0.25, 0.3) is 22.0 Å². The van der Waals surface area contributed by atoms with Crippen LogP contribution in [0, 0.1) is 6.92 Å². The van der Waals surface area contributed by atoms with Crippen LogP contribution in [0.1, 0.15) is 54.2 Å². The predicted molar refractivity (Wildman–Crippen MR) is 106 cm³/mol. The van der Waals surface area contributed by atoms with Gasteiger partial charge in [-0.1, -0.05) is 49.6 Å². The van der Waals surface area contributed by atoms with E-state index < -0.39 is 0 Å². The zero-order valence-electron chi connectivity index (χ0n) is 14.9. The molecule has 5 heteroatoms. The second-order valence-electron chi connectivity index (χ2n) is 6.96. The Morgan fingerprint density at radius 2 is 1.92 bits per heavy atom. The van der Waals surface area contributed by atoms with Gasteiger partial charge in [0.25, 0.3) is 5.91 Å². The van der Waals surface area contributed by atoms with Gasteiger partial charge < -0.3 is 10.3 Å². The van der Waals surface area contributed by atoms with Crippen molar-refractivity contribution in [3.8, 4) is 22.0 Å². The molecule has 26 heavy (non-hydrogen) atoms. The number of benzene rings is 1. The molecule has 134 valence electrons. The average molecular weight is 366 g/mol. The molecule has 0 unspecified atom stereocenters. The molecule has 0 aliphatic heterocycles. The van der Waals surface area contributed by atoms with E-state index in [0.717, 1.165) is 40.5 Å². The third-order valence-corrected chi connectivity index (χ3v) is 6.18.